The van der Waals surface area contributed by atoms with Gasteiger partial charge in [-0.3, -0.25) is 4.79 Å². The second-order valence-electron chi connectivity index (χ2n) is 6.18. The molecule has 0 unspecified atom stereocenters. The van der Waals surface area contributed by atoms with Gasteiger partial charge in [-0.05, 0) is 44.5 Å². The number of carbonyl (C=O) groups is 2. The Kier molecular flexibility index (Phi) is 4.08. The van der Waals surface area contributed by atoms with Gasteiger partial charge in [0.05, 0.1) is 13.3 Å². The van der Waals surface area contributed by atoms with Crippen LogP contribution in [0.5, 0.6) is 5.75 Å². The number of carbonyl (C=O) groups excluding carboxylic acids is 2. The summed E-state index contributed by atoms with van der Waals surface area (Å²) < 4.78 is 5.13. The molecule has 1 fully saturated rings. The Labute approximate surface area is 145 Å². The molecule has 1 saturated heterocycles. The lowest BCUT2D eigenvalue weighted by molar-refractivity contribution is -0.131. The minimum absolute atomic E-state index is 0.427. The molecule has 1 aliphatic rings. The van der Waals surface area contributed by atoms with Crippen LogP contribution in [0.2, 0.25) is 0 Å². The maximum absolute atomic E-state index is 12.8. The summed E-state index contributed by atoms with van der Waals surface area (Å²) in [4.78, 5) is 28.2. The van der Waals surface area contributed by atoms with Crippen LogP contribution in [-0.4, -0.2) is 35.3 Å². The highest BCUT2D eigenvalue weighted by molar-refractivity contribution is 6.07. The summed E-state index contributed by atoms with van der Waals surface area (Å²) in [5.74, 6) is 0.251. The standard InChI is InChI=1S/C18H20N4O3/c1-11-9-13(12(2)20-11)10-19-22-16(23)18(3,21-17(22)24)14-5-7-15(25-4)8-6-14/h5-10,20H,1-4H3,(H,21,24)/b19-10+/t18-/m0/s1. The average molecular weight is 340 g/mol. The summed E-state index contributed by atoms with van der Waals surface area (Å²) in [6.45, 7) is 5.50. The SMILES string of the molecule is COc1ccc([C@]2(C)NC(=O)N(/N=C/c3cc(C)[nH]c3C)C2=O)cc1. The number of H-pyrrole nitrogens is 1. The highest BCUT2D eigenvalue weighted by Gasteiger charge is 2.49. The third-order valence-corrected chi connectivity index (χ3v) is 4.34. The quantitative estimate of drug-likeness (QED) is 0.662. The molecule has 1 atom stereocenters. The van der Waals surface area contributed by atoms with Gasteiger partial charge in [0.1, 0.15) is 11.3 Å². The molecular weight excluding hydrogens is 320 g/mol. The molecular formula is C18H20N4O3. The molecule has 2 aromatic rings. The van der Waals surface area contributed by atoms with E-state index in [9.17, 15) is 9.59 Å². The molecule has 2 heterocycles. The van der Waals surface area contributed by atoms with Crippen molar-refractivity contribution >= 4 is 18.2 Å². The summed E-state index contributed by atoms with van der Waals surface area (Å²) >= 11 is 0. The molecule has 1 aromatic heterocycles. The zero-order valence-corrected chi connectivity index (χ0v) is 14.6. The van der Waals surface area contributed by atoms with Gasteiger partial charge < -0.3 is 15.0 Å². The molecule has 7 heteroatoms. The molecule has 0 spiro atoms. The first-order chi connectivity index (χ1) is 11.8. The van der Waals surface area contributed by atoms with Crippen molar-refractivity contribution in [1.29, 1.82) is 0 Å². The van der Waals surface area contributed by atoms with Crippen LogP contribution >= 0.6 is 0 Å². The lowest BCUT2D eigenvalue weighted by atomic mass is 9.92. The van der Waals surface area contributed by atoms with Gasteiger partial charge in [-0.15, -0.1) is 5.01 Å². The summed E-state index contributed by atoms with van der Waals surface area (Å²) in [5, 5.41) is 7.67. The van der Waals surface area contributed by atoms with Crippen LogP contribution < -0.4 is 10.1 Å². The van der Waals surface area contributed by atoms with Gasteiger partial charge in [-0.1, -0.05) is 12.1 Å². The smallest absolute Gasteiger partial charge is 0.346 e. The fourth-order valence-corrected chi connectivity index (χ4v) is 2.85. The van der Waals surface area contributed by atoms with E-state index in [0.717, 1.165) is 22.0 Å². The van der Waals surface area contributed by atoms with E-state index in [1.165, 1.54) is 6.21 Å². The van der Waals surface area contributed by atoms with Crippen molar-refractivity contribution in [1.82, 2.24) is 15.3 Å². The number of hydrazone groups is 1. The Morgan fingerprint density at radius 2 is 1.88 bits per heavy atom. The van der Waals surface area contributed by atoms with Crippen molar-refractivity contribution in [3.05, 3.63) is 52.8 Å². The molecule has 1 aliphatic heterocycles. The van der Waals surface area contributed by atoms with E-state index in [0.29, 0.717) is 11.3 Å². The van der Waals surface area contributed by atoms with Crippen molar-refractivity contribution < 1.29 is 14.3 Å². The molecule has 2 N–H and O–H groups in total. The van der Waals surface area contributed by atoms with Crippen molar-refractivity contribution in [3.63, 3.8) is 0 Å². The number of hydrogen-bond acceptors (Lipinski definition) is 4. The van der Waals surface area contributed by atoms with E-state index < -0.39 is 17.5 Å². The number of rotatable bonds is 4. The zero-order valence-electron chi connectivity index (χ0n) is 14.6. The second kappa shape index (κ2) is 6.08. The number of amides is 3. The maximum Gasteiger partial charge on any atom is 0.346 e. The van der Waals surface area contributed by atoms with Crippen molar-refractivity contribution in [2.24, 2.45) is 5.10 Å². The van der Waals surface area contributed by atoms with Crippen LogP contribution in [0.3, 0.4) is 0 Å². The van der Waals surface area contributed by atoms with E-state index in [-0.39, 0.29) is 0 Å². The summed E-state index contributed by atoms with van der Waals surface area (Å²) in [6.07, 6.45) is 1.51. The molecule has 25 heavy (non-hydrogen) atoms. The van der Waals surface area contributed by atoms with E-state index in [1.54, 1.807) is 38.3 Å². The minimum Gasteiger partial charge on any atom is -0.497 e. The molecule has 7 nitrogen and oxygen atoms in total. The maximum atomic E-state index is 12.8. The Bertz CT molecular complexity index is 854. The molecule has 0 radical (unpaired) electrons. The number of nitrogens with one attached hydrogen (secondary N) is 2. The Morgan fingerprint density at radius 1 is 1.20 bits per heavy atom. The molecule has 0 bridgehead atoms. The fraction of sp³-hybridized carbons (Fsp3) is 0.278. The Hall–Kier alpha value is -3.09. The van der Waals surface area contributed by atoms with Crippen molar-refractivity contribution in [2.75, 3.05) is 7.11 Å². The van der Waals surface area contributed by atoms with Gasteiger partial charge in [0, 0.05) is 17.0 Å². The van der Waals surface area contributed by atoms with Crippen molar-refractivity contribution in [2.45, 2.75) is 26.3 Å². The number of aromatic amines is 1. The predicted octanol–water partition coefficient (Wildman–Crippen LogP) is 2.44. The molecule has 0 aliphatic carbocycles. The van der Waals surface area contributed by atoms with Crippen LogP contribution in [0.25, 0.3) is 0 Å². The highest BCUT2D eigenvalue weighted by atomic mass is 16.5. The van der Waals surface area contributed by atoms with Crippen LogP contribution in [0.4, 0.5) is 4.79 Å². The lowest BCUT2D eigenvalue weighted by Crippen LogP contribution is -2.40. The first kappa shape index (κ1) is 16.8. The van der Waals surface area contributed by atoms with Gasteiger partial charge in [0.15, 0.2) is 0 Å². The number of methoxy groups -OCH3 is 1. The van der Waals surface area contributed by atoms with Crippen LogP contribution in [0.1, 0.15) is 29.4 Å². The minimum atomic E-state index is -1.16. The number of benzene rings is 1. The third-order valence-electron chi connectivity index (χ3n) is 4.34. The fourth-order valence-electron chi connectivity index (χ4n) is 2.85. The third kappa shape index (κ3) is 2.88. The molecule has 0 saturated carbocycles. The predicted molar refractivity (Wildman–Crippen MR) is 93.6 cm³/mol. The molecule has 3 rings (SSSR count). The first-order valence-corrected chi connectivity index (χ1v) is 7.86. The van der Waals surface area contributed by atoms with Crippen molar-refractivity contribution in [3.8, 4) is 5.75 Å². The number of aromatic nitrogens is 1. The van der Waals surface area contributed by atoms with Gasteiger partial charge in [-0.2, -0.15) is 5.10 Å². The Balaban J connectivity index is 1.87. The number of nitrogens with zero attached hydrogens (tertiary/aromatic N) is 2. The number of aryl methyl sites for hydroxylation is 2. The van der Waals surface area contributed by atoms with E-state index in [4.69, 9.17) is 4.74 Å². The largest absolute Gasteiger partial charge is 0.497 e. The number of ether oxygens (including phenoxy) is 1. The summed E-state index contributed by atoms with van der Waals surface area (Å²) in [7, 11) is 1.57. The van der Waals surface area contributed by atoms with Gasteiger partial charge >= 0.3 is 6.03 Å². The van der Waals surface area contributed by atoms with Crippen LogP contribution in [0, 0.1) is 13.8 Å². The topological polar surface area (TPSA) is 86.8 Å². The molecule has 3 amide bonds. The lowest BCUT2D eigenvalue weighted by Gasteiger charge is -2.21. The Morgan fingerprint density at radius 3 is 2.44 bits per heavy atom. The number of urea groups is 1. The average Bonchev–Trinajstić information content (AvgIpc) is 3.02. The van der Waals surface area contributed by atoms with Crippen LogP contribution in [-0.2, 0) is 10.3 Å². The van der Waals surface area contributed by atoms with Gasteiger partial charge in [0.2, 0.25) is 0 Å². The highest BCUT2D eigenvalue weighted by Crippen LogP contribution is 2.30. The molecule has 1 aromatic carbocycles. The summed E-state index contributed by atoms with van der Waals surface area (Å²) in [6, 6.07) is 8.35. The van der Waals surface area contributed by atoms with Gasteiger partial charge in [-0.25, -0.2) is 4.79 Å². The monoisotopic (exact) mass is 340 g/mol. The number of hydrogen-bond donors (Lipinski definition) is 2. The zero-order chi connectivity index (χ0) is 18.2. The van der Waals surface area contributed by atoms with Crippen LogP contribution in [0.15, 0.2) is 35.4 Å². The number of imide groups is 1. The van der Waals surface area contributed by atoms with E-state index in [1.807, 2.05) is 19.9 Å². The van der Waals surface area contributed by atoms with E-state index >= 15 is 0 Å². The normalized spacial score (nSPS) is 20.4. The van der Waals surface area contributed by atoms with E-state index in [2.05, 4.69) is 15.4 Å². The first-order valence-electron chi connectivity index (χ1n) is 7.86. The summed E-state index contributed by atoms with van der Waals surface area (Å²) in [5.41, 5.74) is 2.24. The second-order valence-corrected chi connectivity index (χ2v) is 6.18. The molecule has 130 valence electrons. The van der Waals surface area contributed by atoms with Gasteiger partial charge in [0.25, 0.3) is 5.91 Å².